The zero-order valence-corrected chi connectivity index (χ0v) is 13.0. The van der Waals surface area contributed by atoms with Gasteiger partial charge in [-0.1, -0.05) is 19.3 Å². The molecule has 0 bridgehead atoms. The van der Waals surface area contributed by atoms with E-state index in [2.05, 4.69) is 20.8 Å². The van der Waals surface area contributed by atoms with Crippen LogP contribution in [-0.2, 0) is 4.74 Å². The van der Waals surface area contributed by atoms with E-state index in [0.717, 1.165) is 5.82 Å². The van der Waals surface area contributed by atoms with Crippen molar-refractivity contribution in [3.63, 3.8) is 0 Å². The van der Waals surface area contributed by atoms with Gasteiger partial charge in [0.2, 0.25) is 0 Å². The number of nitrogens with zero attached hydrogens (tertiary/aromatic N) is 2. The molecule has 21 heavy (non-hydrogen) atoms. The van der Waals surface area contributed by atoms with Gasteiger partial charge < -0.3 is 10.1 Å². The lowest BCUT2D eigenvalue weighted by Gasteiger charge is -2.23. The van der Waals surface area contributed by atoms with Gasteiger partial charge in [-0.05, 0) is 45.7 Å². The van der Waals surface area contributed by atoms with Gasteiger partial charge >= 0.3 is 6.09 Å². The molecule has 0 radical (unpaired) electrons. The van der Waals surface area contributed by atoms with Gasteiger partial charge in [0.1, 0.15) is 11.4 Å². The molecule has 0 atom stereocenters. The molecule has 0 spiro atoms. The van der Waals surface area contributed by atoms with E-state index in [0.29, 0.717) is 11.9 Å². The normalized spacial score (nSPS) is 16.3. The molecule has 0 aromatic carbocycles. The second kappa shape index (κ2) is 6.74. The number of hydrogen-bond acceptors (Lipinski definition) is 5. The summed E-state index contributed by atoms with van der Waals surface area (Å²) in [6.45, 7) is 5.44. The molecule has 2 rings (SSSR count). The molecule has 1 heterocycles. The van der Waals surface area contributed by atoms with E-state index < -0.39 is 11.7 Å². The van der Waals surface area contributed by atoms with Crippen molar-refractivity contribution in [1.82, 2.24) is 10.2 Å². The summed E-state index contributed by atoms with van der Waals surface area (Å²) in [7, 11) is 0. The number of ether oxygens (including phenoxy) is 1. The highest BCUT2D eigenvalue weighted by Crippen LogP contribution is 2.20. The molecule has 6 heteroatoms. The summed E-state index contributed by atoms with van der Waals surface area (Å²) in [6.07, 6.45) is 5.69. The van der Waals surface area contributed by atoms with Gasteiger partial charge in [-0.15, -0.1) is 10.2 Å². The Morgan fingerprint density at radius 2 is 1.76 bits per heavy atom. The maximum absolute atomic E-state index is 11.6. The van der Waals surface area contributed by atoms with Crippen molar-refractivity contribution in [1.29, 1.82) is 0 Å². The minimum absolute atomic E-state index is 0.387. The van der Waals surface area contributed by atoms with Crippen LogP contribution < -0.4 is 10.6 Å². The minimum Gasteiger partial charge on any atom is -0.444 e. The first-order valence-corrected chi connectivity index (χ1v) is 7.53. The Labute approximate surface area is 125 Å². The largest absolute Gasteiger partial charge is 0.444 e. The van der Waals surface area contributed by atoms with Crippen molar-refractivity contribution in [3.8, 4) is 0 Å². The van der Waals surface area contributed by atoms with E-state index in [1.165, 1.54) is 32.1 Å². The molecule has 116 valence electrons. The highest BCUT2D eigenvalue weighted by molar-refractivity contribution is 5.83. The first kappa shape index (κ1) is 15.5. The van der Waals surface area contributed by atoms with Gasteiger partial charge in [-0.2, -0.15) is 0 Å². The van der Waals surface area contributed by atoms with Gasteiger partial charge in [-0.3, -0.25) is 5.32 Å². The second-order valence-corrected chi connectivity index (χ2v) is 6.41. The quantitative estimate of drug-likeness (QED) is 0.890. The van der Waals surface area contributed by atoms with Gasteiger partial charge in [0.05, 0.1) is 0 Å². The van der Waals surface area contributed by atoms with Crippen LogP contribution in [0.3, 0.4) is 0 Å². The molecule has 1 amide bonds. The topological polar surface area (TPSA) is 76.1 Å². The van der Waals surface area contributed by atoms with Gasteiger partial charge in [0, 0.05) is 6.04 Å². The van der Waals surface area contributed by atoms with Crippen LogP contribution in [0.5, 0.6) is 0 Å². The van der Waals surface area contributed by atoms with Crippen LogP contribution in [0.1, 0.15) is 52.9 Å². The van der Waals surface area contributed by atoms with Crippen LogP contribution in [-0.4, -0.2) is 27.9 Å². The number of carbonyl (C=O) groups is 1. The van der Waals surface area contributed by atoms with Crippen molar-refractivity contribution < 1.29 is 9.53 Å². The number of amides is 1. The number of hydrogen-bond donors (Lipinski definition) is 2. The molecule has 1 aromatic rings. The lowest BCUT2D eigenvalue weighted by molar-refractivity contribution is 0.0635. The van der Waals surface area contributed by atoms with Gasteiger partial charge in [0.25, 0.3) is 0 Å². The number of carbonyl (C=O) groups excluding carboxylic acids is 1. The van der Waals surface area contributed by atoms with Crippen molar-refractivity contribution in [3.05, 3.63) is 12.1 Å². The summed E-state index contributed by atoms with van der Waals surface area (Å²) in [5.41, 5.74) is -0.528. The second-order valence-electron chi connectivity index (χ2n) is 6.41. The Morgan fingerprint density at radius 1 is 1.14 bits per heavy atom. The maximum atomic E-state index is 11.6. The summed E-state index contributed by atoms with van der Waals surface area (Å²) >= 11 is 0. The van der Waals surface area contributed by atoms with Crippen molar-refractivity contribution in [2.24, 2.45) is 0 Å². The van der Waals surface area contributed by atoms with E-state index in [4.69, 9.17) is 4.74 Å². The van der Waals surface area contributed by atoms with Crippen LogP contribution in [0.15, 0.2) is 12.1 Å². The monoisotopic (exact) mass is 292 g/mol. The fourth-order valence-corrected chi connectivity index (χ4v) is 2.34. The lowest BCUT2D eigenvalue weighted by atomic mass is 9.95. The number of anilines is 2. The third-order valence-electron chi connectivity index (χ3n) is 3.25. The average Bonchev–Trinajstić information content (AvgIpc) is 2.40. The van der Waals surface area contributed by atoms with Gasteiger partial charge in [-0.25, -0.2) is 4.79 Å². The molecule has 0 saturated heterocycles. The summed E-state index contributed by atoms with van der Waals surface area (Å²) in [6, 6.07) is 4.04. The molecule has 2 N–H and O–H groups in total. The molecule has 1 aliphatic carbocycles. The fraction of sp³-hybridized carbons (Fsp3) is 0.667. The first-order chi connectivity index (χ1) is 9.92. The van der Waals surface area contributed by atoms with Crippen LogP contribution in [0, 0.1) is 0 Å². The predicted octanol–water partition coefficient (Wildman–Crippen LogP) is 3.57. The van der Waals surface area contributed by atoms with E-state index >= 15 is 0 Å². The zero-order chi connectivity index (χ0) is 15.3. The summed E-state index contributed by atoms with van der Waals surface area (Å²) < 4.78 is 5.16. The third kappa shape index (κ3) is 5.57. The molecule has 6 nitrogen and oxygen atoms in total. The van der Waals surface area contributed by atoms with E-state index in [1.807, 2.05) is 26.8 Å². The fourth-order valence-electron chi connectivity index (χ4n) is 2.34. The third-order valence-corrected chi connectivity index (χ3v) is 3.25. The standard InChI is InChI=1S/C15H24N4O2/c1-15(2,3)21-14(20)17-13-10-9-12(18-19-13)16-11-7-5-4-6-8-11/h9-11H,4-8H2,1-3H3,(H,16,18)(H,17,19,20). The van der Waals surface area contributed by atoms with Crippen LogP contribution in [0.2, 0.25) is 0 Å². The highest BCUT2D eigenvalue weighted by Gasteiger charge is 2.17. The van der Waals surface area contributed by atoms with E-state index in [9.17, 15) is 4.79 Å². The van der Waals surface area contributed by atoms with E-state index in [1.54, 1.807) is 6.07 Å². The smallest absolute Gasteiger partial charge is 0.413 e. The van der Waals surface area contributed by atoms with Crippen LogP contribution >= 0.6 is 0 Å². The predicted molar refractivity (Wildman–Crippen MR) is 82.4 cm³/mol. The van der Waals surface area contributed by atoms with E-state index in [-0.39, 0.29) is 0 Å². The Kier molecular flexibility index (Phi) is 4.98. The lowest BCUT2D eigenvalue weighted by Crippen LogP contribution is -2.27. The highest BCUT2D eigenvalue weighted by atomic mass is 16.6. The number of nitrogens with one attached hydrogen (secondary N) is 2. The minimum atomic E-state index is -0.528. The Hall–Kier alpha value is -1.85. The van der Waals surface area contributed by atoms with Gasteiger partial charge in [0.15, 0.2) is 5.82 Å². The molecular weight excluding hydrogens is 268 g/mol. The number of aromatic nitrogens is 2. The Balaban J connectivity index is 1.85. The van der Waals surface area contributed by atoms with Crippen molar-refractivity contribution in [2.45, 2.75) is 64.5 Å². The Morgan fingerprint density at radius 3 is 2.33 bits per heavy atom. The molecule has 0 aliphatic heterocycles. The summed E-state index contributed by atoms with van der Waals surface area (Å²) in [4.78, 5) is 11.6. The molecule has 1 fully saturated rings. The Bertz CT molecular complexity index is 462. The maximum Gasteiger partial charge on any atom is 0.413 e. The summed E-state index contributed by atoms with van der Waals surface area (Å²) in [5, 5.41) is 14.0. The molecule has 0 unspecified atom stereocenters. The molecule has 1 aliphatic rings. The number of rotatable bonds is 3. The molecule has 1 aromatic heterocycles. The van der Waals surface area contributed by atoms with Crippen molar-refractivity contribution in [2.75, 3.05) is 10.6 Å². The summed E-state index contributed by atoms with van der Waals surface area (Å²) in [5.74, 6) is 1.13. The zero-order valence-electron chi connectivity index (χ0n) is 13.0. The van der Waals surface area contributed by atoms with Crippen LogP contribution in [0.4, 0.5) is 16.4 Å². The molecular formula is C15H24N4O2. The van der Waals surface area contributed by atoms with Crippen molar-refractivity contribution >= 4 is 17.7 Å². The molecule has 1 saturated carbocycles. The van der Waals surface area contributed by atoms with Crippen LogP contribution in [0.25, 0.3) is 0 Å². The first-order valence-electron chi connectivity index (χ1n) is 7.53. The SMILES string of the molecule is CC(C)(C)OC(=O)Nc1ccc(NC2CCCCC2)nn1. The average molecular weight is 292 g/mol.